The first-order chi connectivity index (χ1) is 10.0. The summed E-state index contributed by atoms with van der Waals surface area (Å²) < 4.78 is 0. The molecular formula is C14H16Cl2N4O. The number of nitrogens with two attached hydrogens (primary N) is 1. The van der Waals surface area contributed by atoms with E-state index < -0.39 is 0 Å². The Morgan fingerprint density at radius 3 is 2.76 bits per heavy atom. The molecule has 1 saturated carbocycles. The third-order valence-electron chi connectivity index (χ3n) is 3.27. The van der Waals surface area contributed by atoms with E-state index in [1.807, 2.05) is 4.90 Å². The molecule has 1 amide bonds. The maximum atomic E-state index is 12.1. The Bertz CT molecular complexity index is 558. The van der Waals surface area contributed by atoms with Gasteiger partial charge in [0, 0.05) is 24.0 Å². The fourth-order valence-electron chi connectivity index (χ4n) is 2.11. The number of anilines is 2. The molecule has 0 spiro atoms. The standard InChI is InChI=1S/C14H16Cl2N4O/c15-9-6-11(16)14(12(18)7-9)19-13(21)8-20(5-1-4-17)10-2-3-10/h6-7,10H,1-3,5,8,18H2,(H,19,21). The Balaban J connectivity index is 1.99. The largest absolute Gasteiger partial charge is 0.397 e. The lowest BCUT2D eigenvalue weighted by Crippen LogP contribution is -2.35. The smallest absolute Gasteiger partial charge is 0.238 e. The summed E-state index contributed by atoms with van der Waals surface area (Å²) in [6, 6.07) is 5.57. The van der Waals surface area contributed by atoms with Gasteiger partial charge in [0.15, 0.2) is 0 Å². The number of nitrogens with one attached hydrogen (secondary N) is 1. The molecule has 1 aliphatic rings. The van der Waals surface area contributed by atoms with Gasteiger partial charge in [-0.1, -0.05) is 23.2 Å². The molecule has 1 aromatic carbocycles. The Labute approximate surface area is 133 Å². The Morgan fingerprint density at radius 1 is 1.48 bits per heavy atom. The van der Waals surface area contributed by atoms with Crippen LogP contribution in [0.4, 0.5) is 11.4 Å². The van der Waals surface area contributed by atoms with Crippen LogP contribution in [0.5, 0.6) is 0 Å². The quantitative estimate of drug-likeness (QED) is 0.787. The van der Waals surface area contributed by atoms with Crippen LogP contribution in [-0.4, -0.2) is 29.9 Å². The van der Waals surface area contributed by atoms with Gasteiger partial charge in [0.05, 0.1) is 29.0 Å². The minimum Gasteiger partial charge on any atom is -0.397 e. The summed E-state index contributed by atoms with van der Waals surface area (Å²) in [5.41, 5.74) is 6.52. The molecule has 0 saturated heterocycles. The van der Waals surface area contributed by atoms with Crippen molar-refractivity contribution in [3.05, 3.63) is 22.2 Å². The van der Waals surface area contributed by atoms with Gasteiger partial charge in [-0.2, -0.15) is 5.26 Å². The molecule has 5 nitrogen and oxygen atoms in total. The Kier molecular flexibility index (Phi) is 5.29. The van der Waals surface area contributed by atoms with Crippen LogP contribution >= 0.6 is 23.2 Å². The number of hydrogen-bond acceptors (Lipinski definition) is 4. The Hall–Kier alpha value is -1.48. The van der Waals surface area contributed by atoms with Crippen LogP contribution in [-0.2, 0) is 4.79 Å². The highest BCUT2D eigenvalue weighted by atomic mass is 35.5. The summed E-state index contributed by atoms with van der Waals surface area (Å²) in [6.07, 6.45) is 2.55. The zero-order chi connectivity index (χ0) is 15.4. The molecule has 7 heteroatoms. The zero-order valence-corrected chi connectivity index (χ0v) is 12.9. The van der Waals surface area contributed by atoms with Gasteiger partial charge in [-0.05, 0) is 25.0 Å². The van der Waals surface area contributed by atoms with Crippen molar-refractivity contribution in [1.82, 2.24) is 4.90 Å². The van der Waals surface area contributed by atoms with Crippen LogP contribution in [0.1, 0.15) is 19.3 Å². The van der Waals surface area contributed by atoms with Crippen molar-refractivity contribution in [1.29, 1.82) is 5.26 Å². The lowest BCUT2D eigenvalue weighted by Gasteiger charge is -2.20. The highest BCUT2D eigenvalue weighted by Crippen LogP contribution is 2.32. The van der Waals surface area contributed by atoms with E-state index >= 15 is 0 Å². The molecule has 0 radical (unpaired) electrons. The highest BCUT2D eigenvalue weighted by molar-refractivity contribution is 6.37. The van der Waals surface area contributed by atoms with Crippen molar-refractivity contribution in [2.45, 2.75) is 25.3 Å². The van der Waals surface area contributed by atoms with Gasteiger partial charge in [0.25, 0.3) is 0 Å². The van der Waals surface area contributed by atoms with E-state index in [9.17, 15) is 4.79 Å². The predicted octanol–water partition coefficient (Wildman–Crippen LogP) is 2.89. The summed E-state index contributed by atoms with van der Waals surface area (Å²) in [7, 11) is 0. The number of nitrogens with zero attached hydrogens (tertiary/aromatic N) is 2. The van der Waals surface area contributed by atoms with Crippen LogP contribution < -0.4 is 11.1 Å². The van der Waals surface area contributed by atoms with Crippen molar-refractivity contribution in [3.63, 3.8) is 0 Å². The van der Waals surface area contributed by atoms with Crippen molar-refractivity contribution in [2.75, 3.05) is 24.1 Å². The van der Waals surface area contributed by atoms with E-state index in [-0.39, 0.29) is 12.5 Å². The molecule has 1 aromatic rings. The van der Waals surface area contributed by atoms with E-state index in [4.69, 9.17) is 34.2 Å². The molecule has 0 aliphatic heterocycles. The topological polar surface area (TPSA) is 82.2 Å². The minimum atomic E-state index is -0.198. The number of carbonyl (C=O) groups is 1. The van der Waals surface area contributed by atoms with E-state index in [0.717, 1.165) is 12.8 Å². The summed E-state index contributed by atoms with van der Waals surface area (Å²) >= 11 is 11.9. The minimum absolute atomic E-state index is 0.198. The van der Waals surface area contributed by atoms with Gasteiger partial charge in [0.2, 0.25) is 5.91 Å². The molecule has 2 rings (SSSR count). The predicted molar refractivity (Wildman–Crippen MR) is 84.3 cm³/mol. The second-order valence-corrected chi connectivity index (χ2v) is 5.85. The summed E-state index contributed by atoms with van der Waals surface area (Å²) in [5, 5.41) is 12.1. The Morgan fingerprint density at radius 2 is 2.19 bits per heavy atom. The fourth-order valence-corrected chi connectivity index (χ4v) is 2.67. The van der Waals surface area contributed by atoms with E-state index in [0.29, 0.717) is 40.4 Å². The van der Waals surface area contributed by atoms with Crippen molar-refractivity contribution >= 4 is 40.5 Å². The molecule has 112 valence electrons. The number of amides is 1. The zero-order valence-electron chi connectivity index (χ0n) is 11.4. The number of nitriles is 1. The van der Waals surface area contributed by atoms with Crippen LogP contribution in [0.15, 0.2) is 12.1 Å². The second kappa shape index (κ2) is 6.99. The number of hydrogen-bond donors (Lipinski definition) is 2. The lowest BCUT2D eigenvalue weighted by molar-refractivity contribution is -0.117. The fraction of sp³-hybridized carbons (Fsp3) is 0.429. The average molecular weight is 327 g/mol. The third kappa shape index (κ3) is 4.50. The van der Waals surface area contributed by atoms with Crippen LogP contribution in [0, 0.1) is 11.3 Å². The highest BCUT2D eigenvalue weighted by Gasteiger charge is 2.30. The number of halogens is 2. The van der Waals surface area contributed by atoms with Crippen LogP contribution in [0.3, 0.4) is 0 Å². The molecule has 1 fully saturated rings. The summed E-state index contributed by atoms with van der Waals surface area (Å²) in [5.74, 6) is -0.198. The molecular weight excluding hydrogens is 311 g/mol. The van der Waals surface area contributed by atoms with Crippen molar-refractivity contribution in [3.8, 4) is 6.07 Å². The number of carbonyl (C=O) groups excluding carboxylic acids is 1. The van der Waals surface area contributed by atoms with Gasteiger partial charge in [-0.15, -0.1) is 0 Å². The first kappa shape index (κ1) is 15.9. The molecule has 21 heavy (non-hydrogen) atoms. The monoisotopic (exact) mass is 326 g/mol. The second-order valence-electron chi connectivity index (χ2n) is 5.01. The molecule has 0 bridgehead atoms. The maximum Gasteiger partial charge on any atom is 0.238 e. The normalized spacial score (nSPS) is 14.0. The van der Waals surface area contributed by atoms with E-state index in [1.54, 1.807) is 0 Å². The lowest BCUT2D eigenvalue weighted by atomic mass is 10.2. The van der Waals surface area contributed by atoms with Gasteiger partial charge in [0.1, 0.15) is 0 Å². The van der Waals surface area contributed by atoms with Crippen molar-refractivity contribution in [2.24, 2.45) is 0 Å². The summed E-state index contributed by atoms with van der Waals surface area (Å²) in [4.78, 5) is 14.1. The van der Waals surface area contributed by atoms with Gasteiger partial charge in [-0.3, -0.25) is 9.69 Å². The van der Waals surface area contributed by atoms with Crippen LogP contribution in [0.25, 0.3) is 0 Å². The summed E-state index contributed by atoms with van der Waals surface area (Å²) in [6.45, 7) is 0.823. The molecule has 0 atom stereocenters. The van der Waals surface area contributed by atoms with E-state index in [2.05, 4.69) is 11.4 Å². The number of rotatable bonds is 6. The van der Waals surface area contributed by atoms with Gasteiger partial charge >= 0.3 is 0 Å². The number of nitrogen functional groups attached to an aromatic ring is 1. The molecule has 3 N–H and O–H groups in total. The first-order valence-corrected chi connectivity index (χ1v) is 7.42. The SMILES string of the molecule is N#CCCN(CC(=O)Nc1c(N)cc(Cl)cc1Cl)C1CC1. The first-order valence-electron chi connectivity index (χ1n) is 6.66. The number of benzene rings is 1. The van der Waals surface area contributed by atoms with E-state index in [1.165, 1.54) is 12.1 Å². The molecule has 1 aliphatic carbocycles. The third-order valence-corrected chi connectivity index (χ3v) is 3.79. The molecule has 0 unspecified atom stereocenters. The molecule has 0 aromatic heterocycles. The average Bonchev–Trinajstić information content (AvgIpc) is 3.23. The van der Waals surface area contributed by atoms with Crippen LogP contribution in [0.2, 0.25) is 10.0 Å². The molecule has 0 heterocycles. The van der Waals surface area contributed by atoms with Gasteiger partial charge < -0.3 is 11.1 Å². The maximum absolute atomic E-state index is 12.1. The van der Waals surface area contributed by atoms with Crippen molar-refractivity contribution < 1.29 is 4.79 Å². The van der Waals surface area contributed by atoms with Gasteiger partial charge in [-0.25, -0.2) is 0 Å².